The molecule has 0 aromatic heterocycles. The first-order chi connectivity index (χ1) is 6.65. The molecule has 0 radical (unpaired) electrons. The van der Waals surface area contributed by atoms with Gasteiger partial charge >= 0.3 is 0 Å². The monoisotopic (exact) mass is 258 g/mol. The molecule has 0 unspecified atom stereocenters. The number of ether oxygens (including phenoxy) is 1. The van der Waals surface area contributed by atoms with Crippen LogP contribution in [0.3, 0.4) is 0 Å². The largest absolute Gasteiger partial charge is 0.490 e. The van der Waals surface area contributed by atoms with Gasteiger partial charge in [0.05, 0.1) is 0 Å². The summed E-state index contributed by atoms with van der Waals surface area (Å²) in [6.07, 6.45) is 2.37. The van der Waals surface area contributed by atoms with E-state index in [9.17, 15) is 4.39 Å². The van der Waals surface area contributed by atoms with E-state index in [1.165, 1.54) is 12.1 Å². The van der Waals surface area contributed by atoms with Crippen LogP contribution in [0.15, 0.2) is 18.2 Å². The smallest absolute Gasteiger partial charge is 0.123 e. The van der Waals surface area contributed by atoms with Crippen LogP contribution < -0.4 is 4.74 Å². The van der Waals surface area contributed by atoms with Crippen molar-refractivity contribution in [1.29, 1.82) is 0 Å². The third-order valence-electron chi connectivity index (χ3n) is 2.47. The Morgan fingerprint density at radius 2 is 2.14 bits per heavy atom. The third-order valence-corrected chi connectivity index (χ3v) is 3.22. The van der Waals surface area contributed by atoms with Crippen molar-refractivity contribution in [3.63, 3.8) is 0 Å². The Bertz CT molecular complexity index is 334. The molecule has 1 aliphatic rings. The minimum atomic E-state index is -0.207. The van der Waals surface area contributed by atoms with Crippen molar-refractivity contribution < 1.29 is 9.13 Å². The van der Waals surface area contributed by atoms with Crippen molar-refractivity contribution in [3.8, 4) is 5.75 Å². The fraction of sp³-hybridized carbons (Fsp3) is 0.455. The topological polar surface area (TPSA) is 9.23 Å². The van der Waals surface area contributed by atoms with Gasteiger partial charge in [-0.3, -0.25) is 0 Å². The fourth-order valence-electron chi connectivity index (χ4n) is 1.52. The summed E-state index contributed by atoms with van der Waals surface area (Å²) in [6.45, 7) is 1.86. The molecule has 2 rings (SSSR count). The van der Waals surface area contributed by atoms with Gasteiger partial charge in [-0.2, -0.15) is 0 Å². The highest BCUT2D eigenvalue weighted by atomic mass is 79.9. The molecule has 0 aliphatic heterocycles. The molecular formula is C11H12BrFO. The van der Waals surface area contributed by atoms with Gasteiger partial charge in [-0.05, 0) is 43.5 Å². The van der Waals surface area contributed by atoms with Crippen molar-refractivity contribution in [2.75, 3.05) is 0 Å². The van der Waals surface area contributed by atoms with Crippen LogP contribution in [0.1, 0.15) is 18.4 Å². The van der Waals surface area contributed by atoms with E-state index >= 15 is 0 Å². The van der Waals surface area contributed by atoms with E-state index in [1.807, 2.05) is 6.92 Å². The maximum absolute atomic E-state index is 12.8. The van der Waals surface area contributed by atoms with Gasteiger partial charge in [-0.1, -0.05) is 15.9 Å². The summed E-state index contributed by atoms with van der Waals surface area (Å²) in [5.74, 6) is 0.595. The maximum Gasteiger partial charge on any atom is 0.123 e. The highest BCUT2D eigenvalue weighted by Crippen LogP contribution is 2.32. The molecule has 1 aromatic carbocycles. The maximum atomic E-state index is 12.8. The fourth-order valence-corrected chi connectivity index (χ4v) is 2.36. The SMILES string of the molecule is Cc1cc(F)ccc1OC1CC(Br)C1. The van der Waals surface area contributed by atoms with Crippen LogP contribution in [-0.4, -0.2) is 10.9 Å². The highest BCUT2D eigenvalue weighted by Gasteiger charge is 2.28. The van der Waals surface area contributed by atoms with Crippen LogP contribution in [0, 0.1) is 12.7 Å². The standard InChI is InChI=1S/C11H12BrFO/c1-7-4-9(13)2-3-11(7)14-10-5-8(12)6-10/h2-4,8,10H,5-6H2,1H3. The molecule has 0 N–H and O–H groups in total. The summed E-state index contributed by atoms with van der Waals surface area (Å²) in [4.78, 5) is 0.591. The Balaban J connectivity index is 2.02. The molecule has 0 atom stereocenters. The molecular weight excluding hydrogens is 247 g/mol. The molecule has 3 heteroatoms. The van der Waals surface area contributed by atoms with Crippen molar-refractivity contribution in [2.24, 2.45) is 0 Å². The summed E-state index contributed by atoms with van der Waals surface area (Å²) in [5, 5.41) is 0. The van der Waals surface area contributed by atoms with E-state index in [4.69, 9.17) is 4.74 Å². The second-order valence-corrected chi connectivity index (χ2v) is 5.01. The van der Waals surface area contributed by atoms with Crippen molar-refractivity contribution in [2.45, 2.75) is 30.7 Å². The first kappa shape index (κ1) is 9.97. The van der Waals surface area contributed by atoms with Gasteiger partial charge in [0.1, 0.15) is 17.7 Å². The lowest BCUT2D eigenvalue weighted by molar-refractivity contribution is 0.127. The van der Waals surface area contributed by atoms with E-state index in [2.05, 4.69) is 15.9 Å². The van der Waals surface area contributed by atoms with Gasteiger partial charge in [0.15, 0.2) is 0 Å². The number of benzene rings is 1. The zero-order valence-electron chi connectivity index (χ0n) is 7.97. The number of aryl methyl sites for hydroxylation is 1. The van der Waals surface area contributed by atoms with E-state index in [0.717, 1.165) is 24.2 Å². The van der Waals surface area contributed by atoms with Gasteiger partial charge in [0.2, 0.25) is 0 Å². The van der Waals surface area contributed by atoms with Crippen molar-refractivity contribution in [3.05, 3.63) is 29.6 Å². The molecule has 1 aliphatic carbocycles. The Morgan fingerprint density at radius 3 is 2.71 bits per heavy atom. The Morgan fingerprint density at radius 1 is 1.43 bits per heavy atom. The Kier molecular flexibility index (Phi) is 2.77. The number of hydrogen-bond donors (Lipinski definition) is 0. The molecule has 14 heavy (non-hydrogen) atoms. The first-order valence-electron chi connectivity index (χ1n) is 4.72. The van der Waals surface area contributed by atoms with Crippen LogP contribution in [-0.2, 0) is 0 Å². The average Bonchev–Trinajstić information content (AvgIpc) is 2.06. The van der Waals surface area contributed by atoms with Crippen LogP contribution in [0.2, 0.25) is 0 Å². The lowest BCUT2D eigenvalue weighted by atomic mass is 9.96. The van der Waals surface area contributed by atoms with E-state index in [1.54, 1.807) is 6.07 Å². The van der Waals surface area contributed by atoms with Gasteiger partial charge in [-0.15, -0.1) is 0 Å². The van der Waals surface area contributed by atoms with E-state index in [-0.39, 0.29) is 5.82 Å². The summed E-state index contributed by atoms with van der Waals surface area (Å²) in [5.41, 5.74) is 0.864. The van der Waals surface area contributed by atoms with Gasteiger partial charge < -0.3 is 4.74 Å². The molecule has 1 saturated carbocycles. The predicted octanol–water partition coefficient (Wildman–Crippen LogP) is 3.44. The van der Waals surface area contributed by atoms with Crippen LogP contribution in [0.4, 0.5) is 4.39 Å². The second kappa shape index (κ2) is 3.89. The lowest BCUT2D eigenvalue weighted by Crippen LogP contribution is -2.34. The minimum absolute atomic E-state index is 0.207. The van der Waals surface area contributed by atoms with Crippen molar-refractivity contribution in [1.82, 2.24) is 0 Å². The highest BCUT2D eigenvalue weighted by molar-refractivity contribution is 9.09. The normalized spacial score (nSPS) is 25.6. The number of halogens is 2. The molecule has 0 bridgehead atoms. The molecule has 1 nitrogen and oxygen atoms in total. The minimum Gasteiger partial charge on any atom is -0.490 e. The van der Waals surface area contributed by atoms with Gasteiger partial charge in [-0.25, -0.2) is 4.39 Å². The Labute approximate surface area is 91.4 Å². The van der Waals surface area contributed by atoms with Crippen LogP contribution >= 0.6 is 15.9 Å². The summed E-state index contributed by atoms with van der Waals surface area (Å²) < 4.78 is 18.5. The zero-order valence-corrected chi connectivity index (χ0v) is 9.55. The molecule has 0 heterocycles. The quantitative estimate of drug-likeness (QED) is 0.739. The molecule has 1 fully saturated rings. The summed E-state index contributed by atoms with van der Waals surface area (Å²) >= 11 is 3.50. The van der Waals surface area contributed by atoms with E-state index < -0.39 is 0 Å². The zero-order chi connectivity index (χ0) is 10.1. The summed E-state index contributed by atoms with van der Waals surface area (Å²) in [6, 6.07) is 4.64. The Hall–Kier alpha value is -0.570. The molecule has 1 aromatic rings. The molecule has 0 amide bonds. The average molecular weight is 259 g/mol. The summed E-state index contributed by atoms with van der Waals surface area (Å²) in [7, 11) is 0. The third kappa shape index (κ3) is 2.08. The second-order valence-electron chi connectivity index (χ2n) is 3.72. The number of hydrogen-bond acceptors (Lipinski definition) is 1. The number of alkyl halides is 1. The molecule has 76 valence electrons. The van der Waals surface area contributed by atoms with Crippen LogP contribution in [0.5, 0.6) is 5.75 Å². The first-order valence-corrected chi connectivity index (χ1v) is 5.63. The molecule has 0 spiro atoms. The lowest BCUT2D eigenvalue weighted by Gasteiger charge is -2.32. The number of rotatable bonds is 2. The molecule has 0 saturated heterocycles. The van der Waals surface area contributed by atoms with Crippen molar-refractivity contribution >= 4 is 15.9 Å². The predicted molar refractivity (Wildman–Crippen MR) is 57.5 cm³/mol. The van der Waals surface area contributed by atoms with Crippen LogP contribution in [0.25, 0.3) is 0 Å². The van der Waals surface area contributed by atoms with Gasteiger partial charge in [0.25, 0.3) is 0 Å². The van der Waals surface area contributed by atoms with Gasteiger partial charge in [0, 0.05) is 4.83 Å². The van der Waals surface area contributed by atoms with E-state index in [0.29, 0.717) is 10.9 Å².